The van der Waals surface area contributed by atoms with Crippen LogP contribution in [0.3, 0.4) is 0 Å². The number of piperidine rings is 1. The van der Waals surface area contributed by atoms with Gasteiger partial charge in [-0.1, -0.05) is 54.6 Å². The van der Waals surface area contributed by atoms with Crippen molar-refractivity contribution in [2.75, 3.05) is 13.1 Å². The fourth-order valence-corrected chi connectivity index (χ4v) is 3.39. The van der Waals surface area contributed by atoms with E-state index in [4.69, 9.17) is 0 Å². The smallest absolute Gasteiger partial charge is 0.224 e. The number of likely N-dealkylation sites (tertiary alicyclic amines) is 1. The molecule has 1 atom stereocenters. The maximum atomic E-state index is 12.5. The molecule has 3 rings (SSSR count). The van der Waals surface area contributed by atoms with E-state index < -0.39 is 0 Å². The summed E-state index contributed by atoms with van der Waals surface area (Å²) in [6.45, 7) is 5.58. The third-order valence-electron chi connectivity index (χ3n) is 4.84. The quantitative estimate of drug-likeness (QED) is 0.913. The fraction of sp³-hybridized carbons (Fsp3) is 0.381. The Kier molecular flexibility index (Phi) is 5.65. The first kappa shape index (κ1) is 16.7. The summed E-state index contributed by atoms with van der Waals surface area (Å²) in [5.41, 5.74) is 3.74. The summed E-state index contributed by atoms with van der Waals surface area (Å²) in [4.78, 5) is 14.9. The van der Waals surface area contributed by atoms with Gasteiger partial charge < -0.3 is 5.32 Å². The maximum Gasteiger partial charge on any atom is 0.224 e. The molecule has 3 nitrogen and oxygen atoms in total. The first-order valence-corrected chi connectivity index (χ1v) is 8.81. The van der Waals surface area contributed by atoms with E-state index in [0.29, 0.717) is 6.54 Å². The van der Waals surface area contributed by atoms with Gasteiger partial charge in [0.15, 0.2) is 0 Å². The summed E-state index contributed by atoms with van der Waals surface area (Å²) in [6.07, 6.45) is 2.08. The summed E-state index contributed by atoms with van der Waals surface area (Å²) in [5, 5.41) is 3.13. The van der Waals surface area contributed by atoms with E-state index >= 15 is 0 Å². The molecule has 0 bridgehead atoms. The van der Waals surface area contributed by atoms with Gasteiger partial charge in [-0.2, -0.15) is 0 Å². The second-order valence-electron chi connectivity index (χ2n) is 6.70. The van der Waals surface area contributed by atoms with Crippen molar-refractivity contribution in [3.8, 4) is 0 Å². The van der Waals surface area contributed by atoms with Crippen molar-refractivity contribution in [3.63, 3.8) is 0 Å². The molecule has 1 amide bonds. The van der Waals surface area contributed by atoms with E-state index in [1.807, 2.05) is 18.2 Å². The molecule has 2 aromatic carbocycles. The second-order valence-corrected chi connectivity index (χ2v) is 6.70. The molecule has 24 heavy (non-hydrogen) atoms. The molecule has 2 aromatic rings. The first-order chi connectivity index (χ1) is 11.7. The molecule has 0 saturated carbocycles. The van der Waals surface area contributed by atoms with Crippen LogP contribution in [-0.2, 0) is 17.9 Å². The van der Waals surface area contributed by atoms with Gasteiger partial charge >= 0.3 is 0 Å². The van der Waals surface area contributed by atoms with Gasteiger partial charge in [-0.05, 0) is 43.0 Å². The normalized spacial score (nSPS) is 18.3. The highest BCUT2D eigenvalue weighted by Crippen LogP contribution is 2.19. The molecule has 0 radical (unpaired) electrons. The number of nitrogens with one attached hydrogen (secondary N) is 1. The van der Waals surface area contributed by atoms with Gasteiger partial charge in [-0.25, -0.2) is 0 Å². The van der Waals surface area contributed by atoms with Gasteiger partial charge in [-0.3, -0.25) is 9.69 Å². The number of benzene rings is 2. The fourth-order valence-electron chi connectivity index (χ4n) is 3.39. The minimum atomic E-state index is 0.103. The Morgan fingerprint density at radius 2 is 1.88 bits per heavy atom. The van der Waals surface area contributed by atoms with E-state index in [1.54, 1.807) is 0 Å². The molecule has 1 fully saturated rings. The van der Waals surface area contributed by atoms with Gasteiger partial charge in [0.1, 0.15) is 0 Å². The van der Waals surface area contributed by atoms with Crippen LogP contribution in [0.1, 0.15) is 29.5 Å². The number of carbonyl (C=O) groups excluding carboxylic acids is 1. The Morgan fingerprint density at radius 3 is 2.67 bits per heavy atom. The predicted octanol–water partition coefficient (Wildman–Crippen LogP) is 3.52. The van der Waals surface area contributed by atoms with Gasteiger partial charge in [-0.15, -0.1) is 0 Å². The molecular weight excluding hydrogens is 296 g/mol. The van der Waals surface area contributed by atoms with E-state index in [-0.39, 0.29) is 11.8 Å². The van der Waals surface area contributed by atoms with Crippen LogP contribution in [0.25, 0.3) is 0 Å². The Hall–Kier alpha value is -2.13. The van der Waals surface area contributed by atoms with E-state index in [9.17, 15) is 4.79 Å². The first-order valence-electron chi connectivity index (χ1n) is 8.81. The Morgan fingerprint density at radius 1 is 1.12 bits per heavy atom. The number of nitrogens with zero attached hydrogens (tertiary/aromatic N) is 1. The SMILES string of the molecule is Cc1ccccc1CNC(=O)C1CCCN(Cc2ccccc2)C1. The molecule has 3 heteroatoms. The minimum Gasteiger partial charge on any atom is -0.352 e. The molecule has 1 saturated heterocycles. The Labute approximate surface area is 144 Å². The summed E-state index contributed by atoms with van der Waals surface area (Å²) < 4.78 is 0. The standard InChI is InChI=1S/C21H26N2O/c1-17-8-5-6-11-19(17)14-22-21(24)20-12-7-13-23(16-20)15-18-9-3-2-4-10-18/h2-6,8-11,20H,7,12-16H2,1H3,(H,22,24). The molecule has 0 aliphatic carbocycles. The lowest BCUT2D eigenvalue weighted by Gasteiger charge is -2.32. The molecule has 1 aliphatic rings. The van der Waals surface area contributed by atoms with Crippen LogP contribution in [0.5, 0.6) is 0 Å². The van der Waals surface area contributed by atoms with Crippen LogP contribution in [0.2, 0.25) is 0 Å². The van der Waals surface area contributed by atoms with Gasteiger partial charge in [0, 0.05) is 19.6 Å². The zero-order valence-electron chi connectivity index (χ0n) is 14.4. The van der Waals surface area contributed by atoms with Crippen LogP contribution < -0.4 is 5.32 Å². The zero-order valence-corrected chi connectivity index (χ0v) is 14.4. The maximum absolute atomic E-state index is 12.5. The highest BCUT2D eigenvalue weighted by atomic mass is 16.1. The minimum absolute atomic E-state index is 0.103. The number of hydrogen-bond acceptors (Lipinski definition) is 2. The Bertz CT molecular complexity index is 669. The monoisotopic (exact) mass is 322 g/mol. The van der Waals surface area contributed by atoms with Crippen molar-refractivity contribution in [2.45, 2.75) is 32.9 Å². The predicted molar refractivity (Wildman–Crippen MR) is 97.5 cm³/mol. The number of carbonyl (C=O) groups is 1. The summed E-state index contributed by atoms with van der Waals surface area (Å²) in [7, 11) is 0. The topological polar surface area (TPSA) is 32.3 Å². The largest absolute Gasteiger partial charge is 0.352 e. The number of aryl methyl sites for hydroxylation is 1. The molecule has 0 spiro atoms. The number of rotatable bonds is 5. The molecule has 126 valence electrons. The van der Waals surface area contributed by atoms with Crippen LogP contribution in [-0.4, -0.2) is 23.9 Å². The van der Waals surface area contributed by atoms with Crippen molar-refractivity contribution < 1.29 is 4.79 Å². The van der Waals surface area contributed by atoms with Crippen LogP contribution in [0.4, 0.5) is 0 Å². The van der Waals surface area contributed by atoms with Crippen molar-refractivity contribution in [3.05, 3.63) is 71.3 Å². The molecule has 1 N–H and O–H groups in total. The Balaban J connectivity index is 1.52. The third kappa shape index (κ3) is 4.45. The lowest BCUT2D eigenvalue weighted by molar-refractivity contribution is -0.126. The van der Waals surface area contributed by atoms with Crippen molar-refractivity contribution >= 4 is 5.91 Å². The van der Waals surface area contributed by atoms with Crippen LogP contribution >= 0.6 is 0 Å². The summed E-state index contributed by atoms with van der Waals surface area (Å²) in [6, 6.07) is 18.7. The summed E-state index contributed by atoms with van der Waals surface area (Å²) >= 11 is 0. The van der Waals surface area contributed by atoms with Gasteiger partial charge in [0.05, 0.1) is 5.92 Å². The van der Waals surface area contributed by atoms with Crippen molar-refractivity contribution in [1.82, 2.24) is 10.2 Å². The number of amides is 1. The number of hydrogen-bond donors (Lipinski definition) is 1. The van der Waals surface area contributed by atoms with Crippen molar-refractivity contribution in [1.29, 1.82) is 0 Å². The van der Waals surface area contributed by atoms with E-state index in [2.05, 4.69) is 53.5 Å². The van der Waals surface area contributed by atoms with Crippen molar-refractivity contribution in [2.24, 2.45) is 5.92 Å². The van der Waals surface area contributed by atoms with E-state index in [1.165, 1.54) is 16.7 Å². The highest BCUT2D eigenvalue weighted by Gasteiger charge is 2.25. The lowest BCUT2D eigenvalue weighted by Crippen LogP contribution is -2.42. The highest BCUT2D eigenvalue weighted by molar-refractivity contribution is 5.79. The lowest BCUT2D eigenvalue weighted by atomic mass is 9.96. The summed E-state index contributed by atoms with van der Waals surface area (Å²) in [5.74, 6) is 0.294. The second kappa shape index (κ2) is 8.11. The average molecular weight is 322 g/mol. The zero-order chi connectivity index (χ0) is 16.8. The van der Waals surface area contributed by atoms with Gasteiger partial charge in [0.25, 0.3) is 0 Å². The molecular formula is C21H26N2O. The molecule has 1 unspecified atom stereocenters. The van der Waals surface area contributed by atoms with Crippen LogP contribution in [0, 0.1) is 12.8 Å². The third-order valence-corrected chi connectivity index (χ3v) is 4.84. The van der Waals surface area contributed by atoms with E-state index in [0.717, 1.165) is 32.5 Å². The molecule has 0 aromatic heterocycles. The molecule has 1 heterocycles. The van der Waals surface area contributed by atoms with Gasteiger partial charge in [0.2, 0.25) is 5.91 Å². The average Bonchev–Trinajstić information content (AvgIpc) is 2.62. The van der Waals surface area contributed by atoms with Crippen LogP contribution in [0.15, 0.2) is 54.6 Å². The molecule has 1 aliphatic heterocycles.